The molecule has 2 saturated heterocycles. The van der Waals surface area contributed by atoms with Gasteiger partial charge in [0.15, 0.2) is 12.3 Å². The first-order valence-corrected chi connectivity index (χ1v) is 10.0. The van der Waals surface area contributed by atoms with E-state index in [0.717, 1.165) is 23.7 Å². The minimum atomic E-state index is -4.77. The summed E-state index contributed by atoms with van der Waals surface area (Å²) in [6.07, 6.45) is -7.92. The molecule has 2 aromatic rings. The van der Waals surface area contributed by atoms with Crippen molar-refractivity contribution >= 4 is 23.1 Å². The minimum Gasteiger partial charge on any atom is -0.494 e. The number of methoxy groups -OCH3 is 1. The highest BCUT2D eigenvalue weighted by Crippen LogP contribution is 2.38. The number of alkyl halides is 5. The van der Waals surface area contributed by atoms with Crippen LogP contribution in [-0.2, 0) is 10.9 Å². The lowest BCUT2D eigenvalue weighted by atomic mass is 10.2. The zero-order valence-electron chi connectivity index (χ0n) is 17.2. The first kappa shape index (κ1) is 22.3. The molecule has 12 heteroatoms. The van der Waals surface area contributed by atoms with Crippen LogP contribution < -0.4 is 19.9 Å². The lowest BCUT2D eigenvalue weighted by molar-refractivity contribution is -0.137. The summed E-state index contributed by atoms with van der Waals surface area (Å²) in [5.74, 6) is -0.280. The van der Waals surface area contributed by atoms with Crippen LogP contribution in [0.3, 0.4) is 0 Å². The van der Waals surface area contributed by atoms with Crippen molar-refractivity contribution in [3.63, 3.8) is 0 Å². The van der Waals surface area contributed by atoms with Gasteiger partial charge in [-0.15, -0.1) is 0 Å². The summed E-state index contributed by atoms with van der Waals surface area (Å²) in [7, 11) is 1.47. The van der Waals surface area contributed by atoms with Gasteiger partial charge in [0.2, 0.25) is 5.95 Å². The van der Waals surface area contributed by atoms with Gasteiger partial charge in [-0.25, -0.2) is 13.8 Å². The van der Waals surface area contributed by atoms with E-state index in [1.165, 1.54) is 7.11 Å². The number of morpholine rings is 1. The fourth-order valence-corrected chi connectivity index (χ4v) is 3.69. The van der Waals surface area contributed by atoms with Crippen LogP contribution in [0.25, 0.3) is 0 Å². The van der Waals surface area contributed by atoms with Crippen molar-refractivity contribution < 1.29 is 31.4 Å². The molecule has 0 saturated carbocycles. The Balaban J connectivity index is 1.62. The van der Waals surface area contributed by atoms with Gasteiger partial charge in [-0.05, 0) is 12.1 Å². The predicted molar refractivity (Wildman–Crippen MR) is 108 cm³/mol. The quantitative estimate of drug-likeness (QED) is 0.686. The zero-order chi connectivity index (χ0) is 22.9. The molecule has 2 aliphatic rings. The Hall–Kier alpha value is -2.89. The predicted octanol–water partition coefficient (Wildman–Crippen LogP) is 3.58. The Kier molecular flexibility index (Phi) is 6.22. The molecule has 32 heavy (non-hydrogen) atoms. The highest BCUT2D eigenvalue weighted by molar-refractivity contribution is 5.69. The highest BCUT2D eigenvalue weighted by Gasteiger charge is 2.41. The van der Waals surface area contributed by atoms with E-state index in [9.17, 15) is 22.0 Å². The number of anilines is 4. The Labute approximate surface area is 181 Å². The molecule has 2 atom stereocenters. The molecule has 0 bridgehead atoms. The number of aromatic nitrogens is 2. The summed E-state index contributed by atoms with van der Waals surface area (Å²) >= 11 is 0. The summed E-state index contributed by atoms with van der Waals surface area (Å²) in [5.41, 5.74) is 0.187. The maximum Gasteiger partial charge on any atom is 0.421 e. The van der Waals surface area contributed by atoms with Gasteiger partial charge in [-0.1, -0.05) is 0 Å². The van der Waals surface area contributed by atoms with Crippen molar-refractivity contribution in [1.29, 1.82) is 0 Å². The molecule has 1 N–H and O–H groups in total. The molecule has 4 rings (SSSR count). The molecule has 174 valence electrons. The van der Waals surface area contributed by atoms with Crippen LogP contribution >= 0.6 is 0 Å². The third-order valence-corrected chi connectivity index (χ3v) is 5.36. The van der Waals surface area contributed by atoms with Crippen molar-refractivity contribution in [3.8, 4) is 5.75 Å². The van der Waals surface area contributed by atoms with E-state index in [1.807, 2.05) is 6.07 Å². The second kappa shape index (κ2) is 8.93. The van der Waals surface area contributed by atoms with E-state index in [0.29, 0.717) is 30.8 Å². The standard InChI is InChI=1S/C20H22F5N5O2/c1-31-17-8-12(29-4-6-32-7-5-29)2-3-16(17)27-19-26-9-13(20(23,24)25)18(28-19)30-10-14(21)15(22)11-30/h2-3,8-9,14-15H,4-7,10-11H2,1H3,(H,26,27,28)/t14-,15-/m0/s1. The molecule has 0 spiro atoms. The minimum absolute atomic E-state index is 0.150. The molecule has 0 unspecified atom stereocenters. The molecule has 0 aliphatic carbocycles. The smallest absolute Gasteiger partial charge is 0.421 e. The van der Waals surface area contributed by atoms with Crippen molar-refractivity contribution in [1.82, 2.24) is 9.97 Å². The van der Waals surface area contributed by atoms with Crippen LogP contribution in [0.4, 0.5) is 45.1 Å². The average Bonchev–Trinajstić information content (AvgIpc) is 3.12. The molecule has 0 amide bonds. The molecular weight excluding hydrogens is 437 g/mol. The topological polar surface area (TPSA) is 62.8 Å². The first-order chi connectivity index (χ1) is 15.3. The summed E-state index contributed by atoms with van der Waals surface area (Å²) in [6.45, 7) is 1.64. The summed E-state index contributed by atoms with van der Waals surface area (Å²) in [5, 5.41) is 2.85. The van der Waals surface area contributed by atoms with Gasteiger partial charge >= 0.3 is 6.18 Å². The fourth-order valence-electron chi connectivity index (χ4n) is 3.69. The number of benzene rings is 1. The maximum atomic E-state index is 13.6. The molecule has 1 aromatic heterocycles. The third-order valence-electron chi connectivity index (χ3n) is 5.36. The van der Waals surface area contributed by atoms with Gasteiger partial charge in [-0.3, -0.25) is 0 Å². The normalized spacial score (nSPS) is 21.7. The van der Waals surface area contributed by atoms with E-state index in [2.05, 4.69) is 20.2 Å². The van der Waals surface area contributed by atoms with Gasteiger partial charge in [0.25, 0.3) is 0 Å². The second-order valence-corrected chi connectivity index (χ2v) is 7.47. The Morgan fingerprint density at radius 1 is 1.09 bits per heavy atom. The second-order valence-electron chi connectivity index (χ2n) is 7.47. The number of ether oxygens (including phenoxy) is 2. The van der Waals surface area contributed by atoms with E-state index in [4.69, 9.17) is 9.47 Å². The van der Waals surface area contributed by atoms with Crippen LogP contribution in [0, 0.1) is 0 Å². The summed E-state index contributed by atoms with van der Waals surface area (Å²) in [6, 6.07) is 5.33. The average molecular weight is 459 g/mol. The molecule has 1 aromatic carbocycles. The van der Waals surface area contributed by atoms with Crippen molar-refractivity contribution in [3.05, 3.63) is 30.0 Å². The number of nitrogens with one attached hydrogen (secondary N) is 1. The number of rotatable bonds is 5. The molecule has 3 heterocycles. The van der Waals surface area contributed by atoms with Crippen LogP contribution in [-0.4, -0.2) is 68.8 Å². The van der Waals surface area contributed by atoms with Crippen LogP contribution in [0.5, 0.6) is 5.75 Å². The van der Waals surface area contributed by atoms with E-state index in [-0.39, 0.29) is 5.95 Å². The van der Waals surface area contributed by atoms with Crippen LogP contribution in [0.2, 0.25) is 0 Å². The molecular formula is C20H22F5N5O2. The van der Waals surface area contributed by atoms with Gasteiger partial charge in [0, 0.05) is 31.0 Å². The summed E-state index contributed by atoms with van der Waals surface area (Å²) < 4.78 is 78.4. The maximum absolute atomic E-state index is 13.6. The Morgan fingerprint density at radius 2 is 1.78 bits per heavy atom. The van der Waals surface area contributed by atoms with Crippen LogP contribution in [0.1, 0.15) is 5.56 Å². The highest BCUT2D eigenvalue weighted by atomic mass is 19.4. The lowest BCUT2D eigenvalue weighted by Gasteiger charge is -2.29. The van der Waals surface area contributed by atoms with Gasteiger partial charge in [0.05, 0.1) is 39.1 Å². The molecule has 7 nitrogen and oxygen atoms in total. The third kappa shape index (κ3) is 4.64. The number of hydrogen-bond acceptors (Lipinski definition) is 7. The van der Waals surface area contributed by atoms with E-state index in [1.54, 1.807) is 12.1 Å². The fraction of sp³-hybridized carbons (Fsp3) is 0.500. The molecule has 0 radical (unpaired) electrons. The van der Waals surface area contributed by atoms with Crippen molar-refractivity contribution in [2.75, 3.05) is 61.6 Å². The van der Waals surface area contributed by atoms with Crippen molar-refractivity contribution in [2.24, 2.45) is 0 Å². The monoisotopic (exact) mass is 459 g/mol. The van der Waals surface area contributed by atoms with Crippen LogP contribution in [0.15, 0.2) is 24.4 Å². The number of hydrogen-bond donors (Lipinski definition) is 1. The molecule has 2 fully saturated rings. The largest absolute Gasteiger partial charge is 0.494 e. The number of nitrogens with zero attached hydrogens (tertiary/aromatic N) is 4. The first-order valence-electron chi connectivity index (χ1n) is 10.0. The zero-order valence-corrected chi connectivity index (χ0v) is 17.2. The van der Waals surface area contributed by atoms with Gasteiger partial charge in [-0.2, -0.15) is 18.2 Å². The summed E-state index contributed by atoms with van der Waals surface area (Å²) in [4.78, 5) is 10.8. The number of halogens is 5. The SMILES string of the molecule is COc1cc(N2CCOCC2)ccc1Nc1ncc(C(F)(F)F)c(N2C[C@H](F)[C@@H](F)C2)n1. The van der Waals surface area contributed by atoms with E-state index < -0.39 is 43.0 Å². The molecule has 2 aliphatic heterocycles. The van der Waals surface area contributed by atoms with Gasteiger partial charge in [0.1, 0.15) is 17.1 Å². The van der Waals surface area contributed by atoms with Crippen molar-refractivity contribution in [2.45, 2.75) is 18.5 Å². The van der Waals surface area contributed by atoms with E-state index >= 15 is 0 Å². The Morgan fingerprint density at radius 3 is 2.41 bits per heavy atom. The van der Waals surface area contributed by atoms with Gasteiger partial charge < -0.3 is 24.6 Å². The Bertz CT molecular complexity index is 944. The lowest BCUT2D eigenvalue weighted by Crippen LogP contribution is -2.36.